The average Bonchev–Trinajstić information content (AvgIpc) is 3.21. The number of hydrogen-bond donors (Lipinski definition) is 2. The van der Waals surface area contributed by atoms with Crippen molar-refractivity contribution in [3.05, 3.63) is 60.2 Å². The molecule has 1 saturated heterocycles. The van der Waals surface area contributed by atoms with Crippen LogP contribution in [0.1, 0.15) is 37.0 Å². The van der Waals surface area contributed by atoms with E-state index in [4.69, 9.17) is 0 Å². The molecule has 0 aromatic heterocycles. The van der Waals surface area contributed by atoms with E-state index in [0.717, 1.165) is 18.8 Å². The minimum Gasteiger partial charge on any atom is -0.372 e. The average molecular weight is 365 g/mol. The van der Waals surface area contributed by atoms with Gasteiger partial charge in [-0.2, -0.15) is 0 Å². The molecule has 1 heterocycles. The van der Waals surface area contributed by atoms with Crippen LogP contribution in [0, 0.1) is 5.92 Å². The molecule has 2 N–H and O–H groups in total. The van der Waals surface area contributed by atoms with Gasteiger partial charge in [0.2, 0.25) is 5.91 Å². The van der Waals surface area contributed by atoms with Crippen LogP contribution in [0.4, 0.5) is 11.4 Å². The maximum Gasteiger partial charge on any atom is 0.251 e. The summed E-state index contributed by atoms with van der Waals surface area (Å²) in [5.41, 5.74) is 2.47. The molecule has 1 aliphatic heterocycles. The SMILES string of the molecule is CC(C)[C@@H](NC(=O)c1ccccc1)C(=O)Nc1ccc(N2CCCC2)cc1. The van der Waals surface area contributed by atoms with Gasteiger partial charge in [0.1, 0.15) is 6.04 Å². The molecule has 0 unspecified atom stereocenters. The number of nitrogens with one attached hydrogen (secondary N) is 2. The van der Waals surface area contributed by atoms with Crippen molar-refractivity contribution in [1.82, 2.24) is 5.32 Å². The summed E-state index contributed by atoms with van der Waals surface area (Å²) in [6, 6.07) is 16.3. The van der Waals surface area contributed by atoms with Gasteiger partial charge in [-0.3, -0.25) is 9.59 Å². The van der Waals surface area contributed by atoms with Crippen molar-refractivity contribution >= 4 is 23.2 Å². The summed E-state index contributed by atoms with van der Waals surface area (Å²) in [5.74, 6) is -0.474. The molecule has 5 nitrogen and oxygen atoms in total. The monoisotopic (exact) mass is 365 g/mol. The molecule has 27 heavy (non-hydrogen) atoms. The van der Waals surface area contributed by atoms with Gasteiger partial charge in [0.25, 0.3) is 5.91 Å². The standard InChI is InChI=1S/C22H27N3O2/c1-16(2)20(24-21(26)17-8-4-3-5-9-17)22(27)23-18-10-12-19(13-11-18)25-14-6-7-15-25/h3-5,8-13,16,20H,6-7,14-15H2,1-2H3,(H,23,27)(H,24,26)/t20-/m1/s1. The van der Waals surface area contributed by atoms with Gasteiger partial charge < -0.3 is 15.5 Å². The van der Waals surface area contributed by atoms with E-state index >= 15 is 0 Å². The van der Waals surface area contributed by atoms with Gasteiger partial charge in [0, 0.05) is 30.0 Å². The van der Waals surface area contributed by atoms with Gasteiger partial charge in [0.15, 0.2) is 0 Å². The predicted octanol–water partition coefficient (Wildman–Crippen LogP) is 3.68. The molecule has 1 fully saturated rings. The number of carbonyl (C=O) groups excluding carboxylic acids is 2. The number of hydrogen-bond acceptors (Lipinski definition) is 3. The quantitative estimate of drug-likeness (QED) is 0.821. The maximum absolute atomic E-state index is 12.7. The Morgan fingerprint density at radius 1 is 0.926 bits per heavy atom. The topological polar surface area (TPSA) is 61.4 Å². The van der Waals surface area contributed by atoms with Crippen LogP contribution in [-0.2, 0) is 4.79 Å². The van der Waals surface area contributed by atoms with Crippen molar-refractivity contribution in [2.24, 2.45) is 5.92 Å². The molecule has 3 rings (SSSR count). The summed E-state index contributed by atoms with van der Waals surface area (Å²) in [4.78, 5) is 27.5. The molecule has 2 amide bonds. The van der Waals surface area contributed by atoms with Crippen LogP contribution in [0.15, 0.2) is 54.6 Å². The Morgan fingerprint density at radius 2 is 1.56 bits per heavy atom. The van der Waals surface area contributed by atoms with E-state index in [1.807, 2.05) is 44.2 Å². The summed E-state index contributed by atoms with van der Waals surface area (Å²) in [6.45, 7) is 6.03. The summed E-state index contributed by atoms with van der Waals surface area (Å²) < 4.78 is 0. The fraction of sp³-hybridized carbons (Fsp3) is 0.364. The van der Waals surface area contributed by atoms with Crippen LogP contribution in [0.2, 0.25) is 0 Å². The van der Waals surface area contributed by atoms with Gasteiger partial charge in [-0.25, -0.2) is 0 Å². The van der Waals surface area contributed by atoms with Crippen molar-refractivity contribution in [1.29, 1.82) is 0 Å². The van der Waals surface area contributed by atoms with Gasteiger partial charge in [-0.15, -0.1) is 0 Å². The zero-order chi connectivity index (χ0) is 19.2. The first kappa shape index (κ1) is 19.0. The Bertz CT molecular complexity index is 766. The molecule has 5 heteroatoms. The first-order valence-corrected chi connectivity index (χ1v) is 9.56. The third-order valence-corrected chi connectivity index (χ3v) is 4.88. The Labute approximate surface area is 160 Å². The van der Waals surface area contributed by atoms with Crippen molar-refractivity contribution in [2.45, 2.75) is 32.7 Å². The fourth-order valence-electron chi connectivity index (χ4n) is 3.30. The second kappa shape index (κ2) is 8.71. The smallest absolute Gasteiger partial charge is 0.251 e. The highest BCUT2D eigenvalue weighted by Gasteiger charge is 2.24. The number of rotatable bonds is 6. The highest BCUT2D eigenvalue weighted by Crippen LogP contribution is 2.22. The van der Waals surface area contributed by atoms with Crippen molar-refractivity contribution in [3.63, 3.8) is 0 Å². The molecule has 0 bridgehead atoms. The lowest BCUT2D eigenvalue weighted by Crippen LogP contribution is -2.47. The molecule has 0 aliphatic carbocycles. The van der Waals surface area contributed by atoms with Crippen LogP contribution < -0.4 is 15.5 Å². The lowest BCUT2D eigenvalue weighted by atomic mass is 10.0. The summed E-state index contributed by atoms with van der Waals surface area (Å²) in [6.07, 6.45) is 2.46. The molecular weight excluding hydrogens is 338 g/mol. The van der Waals surface area contributed by atoms with E-state index in [1.54, 1.807) is 24.3 Å². The van der Waals surface area contributed by atoms with Crippen LogP contribution in [0.3, 0.4) is 0 Å². The van der Waals surface area contributed by atoms with E-state index in [1.165, 1.54) is 18.5 Å². The molecule has 142 valence electrons. The molecule has 1 aliphatic rings. The maximum atomic E-state index is 12.7. The molecule has 0 saturated carbocycles. The summed E-state index contributed by atoms with van der Waals surface area (Å²) in [7, 11) is 0. The molecular formula is C22H27N3O2. The number of carbonyl (C=O) groups is 2. The number of benzene rings is 2. The minimum absolute atomic E-state index is 0.0264. The molecule has 2 aromatic carbocycles. The van der Waals surface area contributed by atoms with Crippen LogP contribution in [-0.4, -0.2) is 30.9 Å². The van der Waals surface area contributed by atoms with Crippen LogP contribution in [0.25, 0.3) is 0 Å². The minimum atomic E-state index is -0.601. The van der Waals surface area contributed by atoms with Gasteiger partial charge in [-0.05, 0) is 55.2 Å². The number of anilines is 2. The van der Waals surface area contributed by atoms with Gasteiger partial charge in [0.05, 0.1) is 0 Å². The normalized spacial score (nSPS) is 14.9. The lowest BCUT2D eigenvalue weighted by Gasteiger charge is -2.22. The highest BCUT2D eigenvalue weighted by molar-refractivity contribution is 6.01. The third-order valence-electron chi connectivity index (χ3n) is 4.88. The Balaban J connectivity index is 1.63. The first-order chi connectivity index (χ1) is 13.0. The highest BCUT2D eigenvalue weighted by atomic mass is 16.2. The third kappa shape index (κ3) is 4.88. The van der Waals surface area contributed by atoms with E-state index in [0.29, 0.717) is 5.56 Å². The summed E-state index contributed by atoms with van der Waals surface area (Å²) >= 11 is 0. The fourth-order valence-corrected chi connectivity index (χ4v) is 3.30. The van der Waals surface area contributed by atoms with Gasteiger partial charge >= 0.3 is 0 Å². The predicted molar refractivity (Wildman–Crippen MR) is 109 cm³/mol. The van der Waals surface area contributed by atoms with E-state index in [2.05, 4.69) is 15.5 Å². The molecule has 2 aromatic rings. The molecule has 0 spiro atoms. The second-order valence-electron chi connectivity index (χ2n) is 7.29. The summed E-state index contributed by atoms with van der Waals surface area (Å²) in [5, 5.41) is 5.78. The van der Waals surface area contributed by atoms with Crippen molar-refractivity contribution in [3.8, 4) is 0 Å². The second-order valence-corrected chi connectivity index (χ2v) is 7.29. The van der Waals surface area contributed by atoms with E-state index < -0.39 is 6.04 Å². The molecule has 0 radical (unpaired) electrons. The Kier molecular flexibility index (Phi) is 6.12. The van der Waals surface area contributed by atoms with E-state index in [9.17, 15) is 9.59 Å². The van der Waals surface area contributed by atoms with E-state index in [-0.39, 0.29) is 17.7 Å². The Morgan fingerprint density at radius 3 is 2.15 bits per heavy atom. The Hall–Kier alpha value is -2.82. The van der Waals surface area contributed by atoms with Crippen LogP contribution >= 0.6 is 0 Å². The van der Waals surface area contributed by atoms with Crippen LogP contribution in [0.5, 0.6) is 0 Å². The number of amides is 2. The largest absolute Gasteiger partial charge is 0.372 e. The van der Waals surface area contributed by atoms with Crippen molar-refractivity contribution in [2.75, 3.05) is 23.3 Å². The first-order valence-electron chi connectivity index (χ1n) is 9.56. The zero-order valence-electron chi connectivity index (χ0n) is 15.9. The van der Waals surface area contributed by atoms with Crippen molar-refractivity contribution < 1.29 is 9.59 Å². The lowest BCUT2D eigenvalue weighted by molar-refractivity contribution is -0.118. The molecule has 1 atom stereocenters. The zero-order valence-corrected chi connectivity index (χ0v) is 15.9. The van der Waals surface area contributed by atoms with Gasteiger partial charge in [-0.1, -0.05) is 32.0 Å². The number of nitrogens with zero attached hydrogens (tertiary/aromatic N) is 1.